The molecular formula is C13H13BrFN5O3S. The Morgan fingerprint density at radius 3 is 2.96 bits per heavy atom. The van der Waals surface area contributed by atoms with Crippen molar-refractivity contribution in [1.29, 1.82) is 0 Å². The number of carbonyl (C=O) groups excluding carboxylic acids is 1. The van der Waals surface area contributed by atoms with Gasteiger partial charge in [0.25, 0.3) is 0 Å². The number of thioether (sulfide) groups is 1. The lowest BCUT2D eigenvalue weighted by molar-refractivity contribution is -0.118. The van der Waals surface area contributed by atoms with E-state index in [2.05, 4.69) is 41.2 Å². The van der Waals surface area contributed by atoms with Crippen molar-refractivity contribution >= 4 is 45.1 Å². The van der Waals surface area contributed by atoms with E-state index in [0.717, 1.165) is 0 Å². The molecule has 0 saturated carbocycles. The summed E-state index contributed by atoms with van der Waals surface area (Å²) in [5, 5.41) is 19.8. The van der Waals surface area contributed by atoms with E-state index in [1.807, 2.05) is 5.48 Å². The van der Waals surface area contributed by atoms with Crippen molar-refractivity contribution in [1.82, 2.24) is 21.1 Å². The lowest BCUT2D eigenvalue weighted by atomic mass is 10.3. The Kier molecular flexibility index (Phi) is 6.70. The van der Waals surface area contributed by atoms with Crippen molar-refractivity contribution < 1.29 is 19.0 Å². The normalized spacial score (nSPS) is 11.4. The molecule has 1 amide bonds. The van der Waals surface area contributed by atoms with E-state index in [9.17, 15) is 14.4 Å². The van der Waals surface area contributed by atoms with Gasteiger partial charge in [-0.25, -0.2) is 14.0 Å². The lowest BCUT2D eigenvalue weighted by Gasteiger charge is -2.04. The molecule has 0 atom stereocenters. The molecule has 128 valence electrons. The Hall–Kier alpha value is -1.98. The van der Waals surface area contributed by atoms with Crippen LogP contribution in [0.1, 0.15) is 12.6 Å². The third kappa shape index (κ3) is 5.01. The molecule has 11 heteroatoms. The second-order valence-electron chi connectivity index (χ2n) is 4.42. The molecule has 0 aliphatic rings. The van der Waals surface area contributed by atoms with E-state index in [0.29, 0.717) is 23.0 Å². The third-order valence-corrected chi connectivity index (χ3v) is 4.20. The fourth-order valence-electron chi connectivity index (χ4n) is 1.61. The zero-order valence-electron chi connectivity index (χ0n) is 12.4. The summed E-state index contributed by atoms with van der Waals surface area (Å²) >= 11 is 4.33. The minimum atomic E-state index is -0.426. The summed E-state index contributed by atoms with van der Waals surface area (Å²) in [4.78, 5) is 15.0. The van der Waals surface area contributed by atoms with Gasteiger partial charge in [-0.2, -0.15) is 0 Å². The molecule has 0 bridgehead atoms. The topological polar surface area (TPSA) is 113 Å². The summed E-state index contributed by atoms with van der Waals surface area (Å²) < 4.78 is 18.2. The smallest absolute Gasteiger partial charge is 0.216 e. The number of aromatic nitrogens is 2. The molecule has 2 rings (SSSR count). The van der Waals surface area contributed by atoms with Gasteiger partial charge in [-0.3, -0.25) is 15.5 Å². The second kappa shape index (κ2) is 8.76. The van der Waals surface area contributed by atoms with Gasteiger partial charge in [0.2, 0.25) is 5.91 Å². The lowest BCUT2D eigenvalue weighted by Crippen LogP contribution is -2.23. The van der Waals surface area contributed by atoms with E-state index in [-0.39, 0.29) is 21.9 Å². The summed E-state index contributed by atoms with van der Waals surface area (Å²) in [6.45, 7) is 1.87. The summed E-state index contributed by atoms with van der Waals surface area (Å²) in [6, 6.07) is 4.13. The molecule has 0 aliphatic heterocycles. The second-order valence-corrected chi connectivity index (χ2v) is 6.36. The molecule has 0 radical (unpaired) electrons. The molecule has 0 fully saturated rings. The van der Waals surface area contributed by atoms with Crippen molar-refractivity contribution in [2.45, 2.75) is 11.9 Å². The van der Waals surface area contributed by atoms with Crippen molar-refractivity contribution in [2.75, 3.05) is 12.3 Å². The van der Waals surface area contributed by atoms with Gasteiger partial charge < -0.3 is 5.32 Å². The van der Waals surface area contributed by atoms with Crippen LogP contribution in [0, 0.1) is 5.82 Å². The highest BCUT2D eigenvalue weighted by Gasteiger charge is 2.17. The molecule has 0 saturated heterocycles. The number of nitrogens with zero attached hydrogens (tertiary/aromatic N) is 3. The zero-order valence-corrected chi connectivity index (χ0v) is 14.8. The first-order valence-electron chi connectivity index (χ1n) is 6.65. The van der Waals surface area contributed by atoms with E-state index in [1.165, 1.54) is 36.9 Å². The number of hydrogen-bond acceptors (Lipinski definition) is 7. The summed E-state index contributed by atoms with van der Waals surface area (Å²) in [6.07, 6.45) is 0. The molecule has 24 heavy (non-hydrogen) atoms. The van der Waals surface area contributed by atoms with Crippen LogP contribution in [-0.2, 0) is 4.79 Å². The molecule has 0 aliphatic carbocycles. The minimum Gasteiger partial charge on any atom is -0.356 e. The SMILES string of the molecule is CC(=O)NCCSc1nonc1C(=Nc1ccc(F)c(Br)c1)NO. The van der Waals surface area contributed by atoms with Gasteiger partial charge in [0.05, 0.1) is 10.2 Å². The van der Waals surface area contributed by atoms with Gasteiger partial charge in [-0.1, -0.05) is 11.8 Å². The number of amides is 1. The Labute approximate surface area is 149 Å². The van der Waals surface area contributed by atoms with Crippen LogP contribution >= 0.6 is 27.7 Å². The molecule has 2 aromatic rings. The van der Waals surface area contributed by atoms with Gasteiger partial charge in [0, 0.05) is 19.2 Å². The summed E-state index contributed by atoms with van der Waals surface area (Å²) in [5.41, 5.74) is 2.52. The van der Waals surface area contributed by atoms with E-state index in [4.69, 9.17) is 0 Å². The number of benzene rings is 1. The number of nitrogens with one attached hydrogen (secondary N) is 2. The average molecular weight is 418 g/mol. The van der Waals surface area contributed by atoms with Gasteiger partial charge in [-0.15, -0.1) is 0 Å². The number of rotatable bonds is 6. The molecule has 3 N–H and O–H groups in total. The third-order valence-electron chi connectivity index (χ3n) is 2.65. The Morgan fingerprint density at radius 2 is 2.29 bits per heavy atom. The van der Waals surface area contributed by atoms with Crippen molar-refractivity contribution in [3.8, 4) is 0 Å². The van der Waals surface area contributed by atoms with Gasteiger partial charge in [0.1, 0.15) is 5.82 Å². The predicted molar refractivity (Wildman–Crippen MR) is 88.9 cm³/mol. The maximum Gasteiger partial charge on any atom is 0.216 e. The van der Waals surface area contributed by atoms with E-state index < -0.39 is 5.82 Å². The van der Waals surface area contributed by atoms with Crippen molar-refractivity contribution in [3.05, 3.63) is 34.2 Å². The largest absolute Gasteiger partial charge is 0.356 e. The van der Waals surface area contributed by atoms with Crippen LogP contribution in [0.25, 0.3) is 0 Å². The van der Waals surface area contributed by atoms with Gasteiger partial charge in [-0.05, 0) is 44.4 Å². The van der Waals surface area contributed by atoms with Gasteiger partial charge in [0.15, 0.2) is 16.6 Å². The molecule has 1 aromatic heterocycles. The fraction of sp³-hybridized carbons (Fsp3) is 0.231. The van der Waals surface area contributed by atoms with Crippen LogP contribution in [0.5, 0.6) is 0 Å². The number of amidine groups is 1. The Balaban J connectivity index is 2.15. The number of hydrogen-bond donors (Lipinski definition) is 3. The predicted octanol–water partition coefficient (Wildman–Crippen LogP) is 2.26. The minimum absolute atomic E-state index is 0.00298. The molecule has 0 unspecified atom stereocenters. The standard InChI is InChI=1S/C13H13BrFN5O3S/c1-7(21)16-4-5-24-13-11(19-23-20-13)12(18-22)17-8-2-3-10(15)9(14)6-8/h2-3,6,22H,4-5H2,1H3,(H,16,21)(H,17,18). The van der Waals surface area contributed by atoms with Crippen molar-refractivity contribution in [3.63, 3.8) is 0 Å². The summed E-state index contributed by atoms with van der Waals surface area (Å²) in [7, 11) is 0. The average Bonchev–Trinajstić information content (AvgIpc) is 3.00. The first-order valence-corrected chi connectivity index (χ1v) is 8.43. The first-order chi connectivity index (χ1) is 11.5. The highest BCUT2D eigenvalue weighted by molar-refractivity contribution is 9.10. The van der Waals surface area contributed by atoms with Crippen LogP contribution < -0.4 is 10.8 Å². The maximum absolute atomic E-state index is 13.3. The van der Waals surface area contributed by atoms with Crippen LogP contribution in [0.3, 0.4) is 0 Å². The number of halogens is 2. The van der Waals surface area contributed by atoms with Crippen LogP contribution in [-0.4, -0.2) is 39.6 Å². The monoisotopic (exact) mass is 417 g/mol. The number of aliphatic imine (C=N–C) groups is 1. The van der Waals surface area contributed by atoms with Crippen LogP contribution in [0.4, 0.5) is 10.1 Å². The molecule has 0 spiro atoms. The number of carbonyl (C=O) groups is 1. The Bertz CT molecular complexity index is 755. The highest BCUT2D eigenvalue weighted by Crippen LogP contribution is 2.24. The quantitative estimate of drug-likeness (QED) is 0.217. The van der Waals surface area contributed by atoms with Crippen molar-refractivity contribution in [2.24, 2.45) is 4.99 Å². The Morgan fingerprint density at radius 1 is 1.50 bits per heavy atom. The molecule has 8 nitrogen and oxygen atoms in total. The fourth-order valence-corrected chi connectivity index (χ4v) is 2.73. The molecular weight excluding hydrogens is 405 g/mol. The van der Waals surface area contributed by atoms with Crippen LogP contribution in [0.2, 0.25) is 0 Å². The maximum atomic E-state index is 13.3. The van der Waals surface area contributed by atoms with E-state index >= 15 is 0 Å². The zero-order chi connectivity index (χ0) is 17.5. The van der Waals surface area contributed by atoms with Crippen LogP contribution in [0.15, 0.2) is 37.3 Å². The number of hydroxylamine groups is 1. The highest BCUT2D eigenvalue weighted by atomic mass is 79.9. The molecule has 1 heterocycles. The first kappa shape index (κ1) is 18.4. The van der Waals surface area contributed by atoms with E-state index in [1.54, 1.807) is 0 Å². The molecule has 1 aromatic carbocycles. The summed E-state index contributed by atoms with van der Waals surface area (Å²) in [5.74, 6) is -0.0291. The van der Waals surface area contributed by atoms with Gasteiger partial charge >= 0.3 is 0 Å².